The molecule has 9 heavy (non-hydrogen) atoms. The van der Waals surface area contributed by atoms with Crippen LogP contribution in [0.4, 0.5) is 0 Å². The molecule has 0 saturated carbocycles. The summed E-state index contributed by atoms with van der Waals surface area (Å²) >= 11 is 0. The van der Waals surface area contributed by atoms with Gasteiger partial charge in [-0.25, -0.2) is 0 Å². The molecule has 0 bridgehead atoms. The van der Waals surface area contributed by atoms with Gasteiger partial charge in [-0.3, -0.25) is 0 Å². The summed E-state index contributed by atoms with van der Waals surface area (Å²) in [4.78, 5) is 0. The molecular weight excluding hydrogens is 144 g/mol. The van der Waals surface area contributed by atoms with Crippen molar-refractivity contribution in [1.82, 2.24) is 0 Å². The third-order valence-corrected chi connectivity index (χ3v) is 6.66. The van der Waals surface area contributed by atoms with E-state index < -0.39 is 9.04 Å². The Kier molecular flexibility index (Phi) is 6.80. The van der Waals surface area contributed by atoms with Gasteiger partial charge in [-0.2, -0.15) is 0 Å². The van der Waals surface area contributed by atoms with Crippen LogP contribution in [0.1, 0.15) is 26.7 Å². The fraction of sp³-hybridized carbons (Fsp3) is 1.00. The highest BCUT2D eigenvalue weighted by Crippen LogP contribution is 2.04. The van der Waals surface area contributed by atoms with E-state index in [9.17, 15) is 0 Å². The monoisotopic (exact) mass is 162 g/mol. The Bertz CT molecular complexity index is 53.0. The average Bonchev–Trinajstić information content (AvgIpc) is 1.88. The Hall–Kier alpha value is 0.394. The molecule has 0 fully saturated rings. The summed E-state index contributed by atoms with van der Waals surface area (Å²) < 4.78 is 5.51. The second kappa shape index (κ2) is 6.51. The van der Waals surface area contributed by atoms with Crippen molar-refractivity contribution in [3.8, 4) is 0 Å². The predicted octanol–water partition coefficient (Wildman–Crippen LogP) is 0.827. The minimum absolute atomic E-state index is 0.651. The Labute approximate surface area is 63.1 Å². The molecule has 0 amide bonds. The van der Waals surface area contributed by atoms with Crippen LogP contribution >= 0.6 is 0 Å². The Balaban J connectivity index is 3.18. The lowest BCUT2D eigenvalue weighted by Crippen LogP contribution is -2.14. The van der Waals surface area contributed by atoms with E-state index in [0.717, 1.165) is 10.5 Å². The van der Waals surface area contributed by atoms with Gasteiger partial charge in [0.2, 0.25) is 0 Å². The van der Waals surface area contributed by atoms with Gasteiger partial charge < -0.3 is 4.12 Å². The van der Waals surface area contributed by atoms with Crippen LogP contribution in [-0.2, 0) is 4.12 Å². The molecule has 0 aromatic heterocycles. The first kappa shape index (κ1) is 9.39. The zero-order valence-corrected chi connectivity index (χ0v) is 9.97. The number of hydrogen-bond donors (Lipinski definition) is 0. The van der Waals surface area contributed by atoms with Crippen molar-refractivity contribution in [3.05, 3.63) is 0 Å². The zero-order chi connectivity index (χ0) is 7.11. The quantitative estimate of drug-likeness (QED) is 0.544. The summed E-state index contributed by atoms with van der Waals surface area (Å²) in [5.41, 5.74) is 0. The van der Waals surface area contributed by atoms with E-state index in [1.54, 1.807) is 0 Å². The van der Waals surface area contributed by atoms with Gasteiger partial charge in [-0.05, 0) is 12.1 Å². The molecule has 0 saturated heterocycles. The van der Waals surface area contributed by atoms with E-state index in [0.29, 0.717) is 0 Å². The van der Waals surface area contributed by atoms with E-state index in [1.807, 2.05) is 0 Å². The van der Waals surface area contributed by atoms with Gasteiger partial charge in [0.05, 0.1) is 0 Å². The fourth-order valence-corrected chi connectivity index (χ4v) is 4.49. The fourth-order valence-electron chi connectivity index (χ4n) is 1.02. The highest BCUT2D eigenvalue weighted by molar-refractivity contribution is 6.55. The third-order valence-electron chi connectivity index (χ3n) is 1.55. The third kappa shape index (κ3) is 4.87. The SMILES string of the molecule is CCC[SiH](CCC)O[SiH3]. The van der Waals surface area contributed by atoms with Gasteiger partial charge in [0.25, 0.3) is 0 Å². The van der Waals surface area contributed by atoms with E-state index in [1.165, 1.54) is 24.9 Å². The molecule has 0 unspecified atom stereocenters. The smallest absolute Gasteiger partial charge is 0.162 e. The van der Waals surface area contributed by atoms with Crippen molar-refractivity contribution < 1.29 is 4.12 Å². The van der Waals surface area contributed by atoms with Gasteiger partial charge in [0.1, 0.15) is 10.5 Å². The molecule has 56 valence electrons. The van der Waals surface area contributed by atoms with E-state index in [-0.39, 0.29) is 0 Å². The van der Waals surface area contributed by atoms with Crippen LogP contribution in [0.3, 0.4) is 0 Å². The minimum atomic E-state index is -0.651. The summed E-state index contributed by atoms with van der Waals surface area (Å²) in [6.45, 7) is 4.49. The Morgan fingerprint density at radius 2 is 1.67 bits per heavy atom. The average molecular weight is 162 g/mol. The molecule has 0 N–H and O–H groups in total. The maximum Gasteiger partial charge on any atom is 0.162 e. The van der Waals surface area contributed by atoms with E-state index in [2.05, 4.69) is 13.8 Å². The van der Waals surface area contributed by atoms with Crippen molar-refractivity contribution >= 4 is 19.5 Å². The summed E-state index contributed by atoms with van der Waals surface area (Å²) in [7, 11) is 0.311. The van der Waals surface area contributed by atoms with Crippen LogP contribution < -0.4 is 0 Å². The molecular formula is C6H18OSi2. The Morgan fingerprint density at radius 3 is 1.89 bits per heavy atom. The number of rotatable bonds is 5. The summed E-state index contributed by atoms with van der Waals surface area (Å²) in [6, 6.07) is 2.77. The van der Waals surface area contributed by atoms with Gasteiger partial charge in [-0.1, -0.05) is 26.7 Å². The van der Waals surface area contributed by atoms with Crippen molar-refractivity contribution in [2.24, 2.45) is 0 Å². The van der Waals surface area contributed by atoms with Crippen molar-refractivity contribution in [2.75, 3.05) is 0 Å². The van der Waals surface area contributed by atoms with Gasteiger partial charge in [0, 0.05) is 0 Å². The predicted molar refractivity (Wildman–Crippen MR) is 48.4 cm³/mol. The molecule has 0 rings (SSSR count). The Morgan fingerprint density at radius 1 is 1.22 bits per heavy atom. The van der Waals surface area contributed by atoms with Crippen LogP contribution in [0.25, 0.3) is 0 Å². The van der Waals surface area contributed by atoms with Crippen molar-refractivity contribution in [1.29, 1.82) is 0 Å². The van der Waals surface area contributed by atoms with Gasteiger partial charge in [0.15, 0.2) is 9.04 Å². The lowest BCUT2D eigenvalue weighted by Gasteiger charge is -2.10. The first-order valence-corrected chi connectivity index (χ1v) is 6.80. The molecule has 3 heteroatoms. The standard InChI is InChI=1S/C6H18OSi2/c1-3-5-9(7-8)6-4-2/h9H,3-6H2,1-2,8H3. The van der Waals surface area contributed by atoms with Gasteiger partial charge in [-0.15, -0.1) is 0 Å². The topological polar surface area (TPSA) is 9.23 Å². The molecule has 0 spiro atoms. The van der Waals surface area contributed by atoms with Crippen LogP contribution in [0.2, 0.25) is 12.1 Å². The lowest BCUT2D eigenvalue weighted by atomic mass is 10.6. The van der Waals surface area contributed by atoms with Crippen LogP contribution in [0, 0.1) is 0 Å². The maximum absolute atomic E-state index is 5.51. The largest absolute Gasteiger partial charge is 0.465 e. The van der Waals surface area contributed by atoms with E-state index >= 15 is 0 Å². The maximum atomic E-state index is 5.51. The highest BCUT2D eigenvalue weighted by Gasteiger charge is 2.04. The lowest BCUT2D eigenvalue weighted by molar-refractivity contribution is 0.617. The summed E-state index contributed by atoms with van der Waals surface area (Å²) in [5.74, 6) is 0. The van der Waals surface area contributed by atoms with Gasteiger partial charge >= 0.3 is 0 Å². The molecule has 0 aromatic carbocycles. The number of hydrogen-bond acceptors (Lipinski definition) is 1. The van der Waals surface area contributed by atoms with Crippen LogP contribution in [-0.4, -0.2) is 19.5 Å². The summed E-state index contributed by atoms with van der Waals surface area (Å²) in [6.07, 6.45) is 2.64. The molecule has 0 aromatic rings. The zero-order valence-electron chi connectivity index (χ0n) is 6.81. The molecule has 0 aliphatic rings. The molecule has 0 aliphatic heterocycles. The van der Waals surface area contributed by atoms with Crippen molar-refractivity contribution in [2.45, 2.75) is 38.8 Å². The molecule has 1 nitrogen and oxygen atoms in total. The normalized spacial score (nSPS) is 11.0. The molecule has 0 heterocycles. The first-order chi connectivity index (χ1) is 4.35. The highest BCUT2D eigenvalue weighted by atomic mass is 28.3. The first-order valence-electron chi connectivity index (χ1n) is 3.87. The molecule has 0 aliphatic carbocycles. The second-order valence-electron chi connectivity index (χ2n) is 2.44. The van der Waals surface area contributed by atoms with E-state index in [4.69, 9.17) is 4.12 Å². The minimum Gasteiger partial charge on any atom is -0.465 e. The molecule has 0 atom stereocenters. The van der Waals surface area contributed by atoms with Crippen LogP contribution in [0.5, 0.6) is 0 Å². The second-order valence-corrected chi connectivity index (χ2v) is 6.72. The summed E-state index contributed by atoms with van der Waals surface area (Å²) in [5, 5.41) is 0. The van der Waals surface area contributed by atoms with Crippen molar-refractivity contribution in [3.63, 3.8) is 0 Å². The van der Waals surface area contributed by atoms with Crippen LogP contribution in [0.15, 0.2) is 0 Å². The molecule has 0 radical (unpaired) electrons.